The summed E-state index contributed by atoms with van der Waals surface area (Å²) >= 11 is 0. The Hall–Kier alpha value is -6.02. The zero-order valence-corrected chi connectivity index (χ0v) is 27.6. The molecule has 0 amide bonds. The van der Waals surface area contributed by atoms with Crippen molar-refractivity contribution in [3.8, 4) is 0 Å². The van der Waals surface area contributed by atoms with Gasteiger partial charge in [-0.15, -0.1) is 0 Å². The third kappa shape index (κ3) is 12.2. The van der Waals surface area contributed by atoms with Crippen LogP contribution in [0.1, 0.15) is 44.5 Å². The number of ether oxygens (including phenoxy) is 4. The number of carbonyl (C=O) groups is 4. The molecule has 0 radical (unpaired) electrons. The highest BCUT2D eigenvalue weighted by atomic mass is 16.5. The average molecular weight is 671 g/mol. The SMILES string of the molecule is O=C(Cc1ccccc1)OCc1ccc(COC(=O)Cc2ccc(CC(=O)OCc3ccc(COC(=O)Cc4ccccc4)cc3)cc2)cc1. The van der Waals surface area contributed by atoms with Crippen LogP contribution in [-0.4, -0.2) is 23.9 Å². The van der Waals surface area contributed by atoms with Gasteiger partial charge in [0, 0.05) is 0 Å². The fourth-order valence-electron chi connectivity index (χ4n) is 4.96. The maximum absolute atomic E-state index is 12.4. The van der Waals surface area contributed by atoms with E-state index in [1.54, 1.807) is 24.3 Å². The second-order valence-corrected chi connectivity index (χ2v) is 11.8. The Balaban J connectivity index is 0.956. The Morgan fingerprint density at radius 2 is 0.480 bits per heavy atom. The minimum Gasteiger partial charge on any atom is -0.461 e. The monoisotopic (exact) mass is 670 g/mol. The molecule has 8 nitrogen and oxygen atoms in total. The summed E-state index contributed by atoms with van der Waals surface area (Å²) < 4.78 is 21.6. The summed E-state index contributed by atoms with van der Waals surface area (Å²) in [6.07, 6.45) is 0.644. The second kappa shape index (κ2) is 18.5. The highest BCUT2D eigenvalue weighted by Gasteiger charge is 2.10. The molecular formula is C42H38O8. The van der Waals surface area contributed by atoms with Gasteiger partial charge in [-0.1, -0.05) is 133 Å². The number of benzene rings is 5. The van der Waals surface area contributed by atoms with Crippen molar-refractivity contribution in [2.75, 3.05) is 0 Å². The van der Waals surface area contributed by atoms with Gasteiger partial charge in [-0.3, -0.25) is 19.2 Å². The maximum atomic E-state index is 12.4. The van der Waals surface area contributed by atoms with Crippen LogP contribution in [0.2, 0.25) is 0 Å². The van der Waals surface area contributed by atoms with Crippen LogP contribution in [0.15, 0.2) is 133 Å². The molecule has 0 atom stereocenters. The Kier molecular flexibility index (Phi) is 13.1. The molecule has 5 aromatic rings. The minimum absolute atomic E-state index is 0.0996. The number of esters is 4. The molecule has 0 aliphatic rings. The lowest BCUT2D eigenvalue weighted by Crippen LogP contribution is -2.10. The first-order chi connectivity index (χ1) is 24.4. The van der Waals surface area contributed by atoms with E-state index in [4.69, 9.17) is 18.9 Å². The van der Waals surface area contributed by atoms with Crippen LogP contribution in [-0.2, 0) is 90.2 Å². The molecule has 0 aromatic heterocycles. The molecule has 5 rings (SSSR count). The molecule has 0 saturated heterocycles. The van der Waals surface area contributed by atoms with Crippen molar-refractivity contribution in [1.82, 2.24) is 0 Å². The van der Waals surface area contributed by atoms with Gasteiger partial charge in [0.05, 0.1) is 25.7 Å². The first-order valence-corrected chi connectivity index (χ1v) is 16.3. The lowest BCUT2D eigenvalue weighted by molar-refractivity contribution is -0.145. The van der Waals surface area contributed by atoms with Gasteiger partial charge in [-0.2, -0.15) is 0 Å². The van der Waals surface area contributed by atoms with Gasteiger partial charge >= 0.3 is 23.9 Å². The van der Waals surface area contributed by atoms with Gasteiger partial charge in [0.1, 0.15) is 26.4 Å². The van der Waals surface area contributed by atoms with Crippen LogP contribution < -0.4 is 0 Å². The molecule has 0 N–H and O–H groups in total. The lowest BCUT2D eigenvalue weighted by atomic mass is 10.1. The molecule has 8 heteroatoms. The van der Waals surface area contributed by atoms with Gasteiger partial charge in [-0.25, -0.2) is 0 Å². The Morgan fingerprint density at radius 1 is 0.280 bits per heavy atom. The van der Waals surface area contributed by atoms with Crippen molar-refractivity contribution in [2.24, 2.45) is 0 Å². The maximum Gasteiger partial charge on any atom is 0.310 e. The van der Waals surface area contributed by atoms with Crippen molar-refractivity contribution in [3.63, 3.8) is 0 Å². The fourth-order valence-corrected chi connectivity index (χ4v) is 4.96. The number of rotatable bonds is 16. The lowest BCUT2D eigenvalue weighted by Gasteiger charge is -2.09. The van der Waals surface area contributed by atoms with E-state index in [2.05, 4.69) is 0 Å². The molecule has 0 bridgehead atoms. The molecule has 254 valence electrons. The Labute approximate surface area is 291 Å². The predicted octanol–water partition coefficient (Wildman–Crippen LogP) is 6.83. The summed E-state index contributed by atoms with van der Waals surface area (Å²) in [5, 5.41) is 0. The molecule has 0 unspecified atom stereocenters. The molecule has 0 heterocycles. The molecule has 0 saturated carbocycles. The molecule has 0 aliphatic carbocycles. The number of carbonyl (C=O) groups excluding carboxylic acids is 4. The number of hydrogen-bond acceptors (Lipinski definition) is 8. The second-order valence-electron chi connectivity index (χ2n) is 11.8. The van der Waals surface area contributed by atoms with Gasteiger partial charge in [0.25, 0.3) is 0 Å². The standard InChI is InChI=1S/C42H38O8/c43-39(23-31-7-3-1-4-8-31)47-27-35-15-19-37(20-16-35)29-49-41(45)25-33-11-13-34(14-12-33)26-42(46)50-30-38-21-17-36(18-22-38)28-48-40(44)24-32-9-5-2-6-10-32/h1-22H,23-30H2. The quantitative estimate of drug-likeness (QED) is 0.0831. The Bertz CT molecular complexity index is 1700. The van der Waals surface area contributed by atoms with Gasteiger partial charge in [0.2, 0.25) is 0 Å². The van der Waals surface area contributed by atoms with Crippen LogP contribution in [0.5, 0.6) is 0 Å². The van der Waals surface area contributed by atoms with Crippen molar-refractivity contribution in [3.05, 3.63) is 178 Å². The summed E-state index contributed by atoms with van der Waals surface area (Å²) in [4.78, 5) is 49.0. The molecule has 50 heavy (non-hydrogen) atoms. The zero-order valence-electron chi connectivity index (χ0n) is 27.6. The largest absolute Gasteiger partial charge is 0.461 e. The van der Waals surface area contributed by atoms with Crippen LogP contribution in [0.3, 0.4) is 0 Å². The minimum atomic E-state index is -0.368. The summed E-state index contributed by atoms with van der Waals surface area (Å²) in [7, 11) is 0. The van der Waals surface area contributed by atoms with Crippen molar-refractivity contribution < 1.29 is 38.1 Å². The van der Waals surface area contributed by atoms with E-state index in [1.807, 2.05) is 109 Å². The molecule has 5 aromatic carbocycles. The molecule has 0 spiro atoms. The highest BCUT2D eigenvalue weighted by molar-refractivity contribution is 5.74. The third-order valence-corrected chi connectivity index (χ3v) is 7.75. The van der Waals surface area contributed by atoms with Gasteiger partial charge in [-0.05, 0) is 44.5 Å². The smallest absolute Gasteiger partial charge is 0.310 e. The van der Waals surface area contributed by atoms with Gasteiger partial charge in [0.15, 0.2) is 0 Å². The van der Waals surface area contributed by atoms with E-state index in [9.17, 15) is 19.2 Å². The van der Waals surface area contributed by atoms with Crippen LogP contribution in [0.4, 0.5) is 0 Å². The molecular weight excluding hydrogens is 632 g/mol. The fraction of sp³-hybridized carbons (Fsp3) is 0.190. The van der Waals surface area contributed by atoms with Crippen molar-refractivity contribution in [1.29, 1.82) is 0 Å². The van der Waals surface area contributed by atoms with Crippen LogP contribution >= 0.6 is 0 Å². The first-order valence-electron chi connectivity index (χ1n) is 16.3. The molecule has 0 aliphatic heterocycles. The van der Waals surface area contributed by atoms with Crippen LogP contribution in [0, 0.1) is 0 Å². The van der Waals surface area contributed by atoms with E-state index in [0.717, 1.165) is 44.5 Å². The average Bonchev–Trinajstić information content (AvgIpc) is 3.14. The van der Waals surface area contributed by atoms with E-state index >= 15 is 0 Å². The highest BCUT2D eigenvalue weighted by Crippen LogP contribution is 2.13. The topological polar surface area (TPSA) is 105 Å². The van der Waals surface area contributed by atoms with Crippen LogP contribution in [0.25, 0.3) is 0 Å². The first kappa shape index (κ1) is 35.3. The summed E-state index contributed by atoms with van der Waals surface area (Å²) in [6.45, 7) is 0.596. The summed E-state index contributed by atoms with van der Waals surface area (Å²) in [5.74, 6) is -1.32. The van der Waals surface area contributed by atoms with Crippen molar-refractivity contribution in [2.45, 2.75) is 52.1 Å². The number of hydrogen-bond donors (Lipinski definition) is 0. The van der Waals surface area contributed by atoms with E-state index in [0.29, 0.717) is 0 Å². The summed E-state index contributed by atoms with van der Waals surface area (Å²) in [5.41, 5.74) is 6.67. The van der Waals surface area contributed by atoms with E-state index in [-0.39, 0.29) is 76.0 Å². The van der Waals surface area contributed by atoms with E-state index < -0.39 is 0 Å². The van der Waals surface area contributed by atoms with Gasteiger partial charge < -0.3 is 18.9 Å². The summed E-state index contributed by atoms with van der Waals surface area (Å²) in [6, 6.07) is 40.8. The van der Waals surface area contributed by atoms with E-state index in [1.165, 1.54) is 0 Å². The normalized spacial score (nSPS) is 10.6. The Morgan fingerprint density at radius 3 is 0.720 bits per heavy atom. The zero-order chi connectivity index (χ0) is 35.0. The predicted molar refractivity (Wildman–Crippen MR) is 186 cm³/mol. The van der Waals surface area contributed by atoms with Crippen molar-refractivity contribution >= 4 is 23.9 Å². The third-order valence-electron chi connectivity index (χ3n) is 7.75. The molecule has 0 fully saturated rings.